The smallest absolute Gasteiger partial charge is 0.338 e. The van der Waals surface area contributed by atoms with Crippen molar-refractivity contribution in [2.24, 2.45) is 11.3 Å². The summed E-state index contributed by atoms with van der Waals surface area (Å²) in [6.45, 7) is 9.85. The minimum Gasteiger partial charge on any atom is -0.466 e. The van der Waals surface area contributed by atoms with Gasteiger partial charge in [-0.1, -0.05) is 45.9 Å². The first-order chi connectivity index (χ1) is 10.3. The van der Waals surface area contributed by atoms with Gasteiger partial charge in [0, 0.05) is 0 Å². The second-order valence-electron chi connectivity index (χ2n) is 6.31. The fraction of sp³-hybridized carbons (Fsp3) is 0.556. The highest BCUT2D eigenvalue weighted by Gasteiger charge is 2.40. The zero-order chi connectivity index (χ0) is 16.8. The van der Waals surface area contributed by atoms with E-state index >= 15 is 0 Å². The Morgan fingerprint density at radius 3 is 2.14 bits per heavy atom. The van der Waals surface area contributed by atoms with Crippen molar-refractivity contribution in [2.45, 2.75) is 47.1 Å². The Bertz CT molecular complexity index is 488. The predicted molar refractivity (Wildman–Crippen MR) is 85.5 cm³/mol. The second-order valence-corrected chi connectivity index (χ2v) is 6.31. The molecule has 0 N–H and O–H groups in total. The Kier molecular flexibility index (Phi) is 6.60. The van der Waals surface area contributed by atoms with E-state index in [0.29, 0.717) is 18.6 Å². The predicted octanol–water partition coefficient (Wildman–Crippen LogP) is 3.85. The minimum atomic E-state index is -0.508. The number of carbonyl (C=O) groups excluding carboxylic acids is 2. The minimum absolute atomic E-state index is 0.314. The molecule has 4 heteroatoms. The lowest BCUT2D eigenvalue weighted by Crippen LogP contribution is -2.41. The summed E-state index contributed by atoms with van der Waals surface area (Å²) in [4.78, 5) is 24.5. The Morgan fingerprint density at radius 2 is 1.68 bits per heavy atom. The van der Waals surface area contributed by atoms with Gasteiger partial charge in [0.25, 0.3) is 0 Å². The number of hydrogen-bond donors (Lipinski definition) is 0. The average molecular weight is 306 g/mol. The van der Waals surface area contributed by atoms with E-state index in [1.807, 2.05) is 33.8 Å². The lowest BCUT2D eigenvalue weighted by atomic mass is 9.76. The summed E-state index contributed by atoms with van der Waals surface area (Å²) in [6, 6.07) is 8.80. The fourth-order valence-corrected chi connectivity index (χ4v) is 2.46. The van der Waals surface area contributed by atoms with Crippen LogP contribution in [0.1, 0.15) is 51.4 Å². The lowest BCUT2D eigenvalue weighted by Gasteiger charge is -2.34. The van der Waals surface area contributed by atoms with E-state index in [0.717, 1.165) is 0 Å². The third-order valence-electron chi connectivity index (χ3n) is 3.52. The molecule has 0 aliphatic carbocycles. The number of benzene rings is 1. The molecule has 4 nitrogen and oxygen atoms in total. The molecule has 0 heterocycles. The van der Waals surface area contributed by atoms with Crippen LogP contribution in [0.2, 0.25) is 0 Å². The normalized spacial score (nSPS) is 14.0. The molecule has 0 aliphatic heterocycles. The number of rotatable bonds is 6. The summed E-state index contributed by atoms with van der Waals surface area (Å²) in [6.07, 6.45) is 0.0473. The molecule has 0 fully saturated rings. The molecule has 0 radical (unpaired) electrons. The summed E-state index contributed by atoms with van der Waals surface area (Å²) in [7, 11) is 0. The topological polar surface area (TPSA) is 52.6 Å². The van der Waals surface area contributed by atoms with Crippen molar-refractivity contribution in [2.75, 3.05) is 6.61 Å². The molecule has 1 rings (SSSR count). The number of esters is 2. The maximum atomic E-state index is 12.3. The molecule has 2 atom stereocenters. The summed E-state index contributed by atoms with van der Waals surface area (Å²) in [5.41, 5.74) is 0.127. The Hall–Kier alpha value is -1.84. The first kappa shape index (κ1) is 18.2. The van der Waals surface area contributed by atoms with Gasteiger partial charge in [-0.3, -0.25) is 4.79 Å². The second kappa shape index (κ2) is 7.97. The average Bonchev–Trinajstić information content (AvgIpc) is 2.46. The van der Waals surface area contributed by atoms with Crippen molar-refractivity contribution < 1.29 is 19.1 Å². The maximum Gasteiger partial charge on any atom is 0.338 e. The van der Waals surface area contributed by atoms with Crippen LogP contribution in [0.5, 0.6) is 0 Å². The molecule has 0 aliphatic rings. The van der Waals surface area contributed by atoms with Gasteiger partial charge in [-0.25, -0.2) is 4.79 Å². The van der Waals surface area contributed by atoms with Gasteiger partial charge in [0.15, 0.2) is 0 Å². The van der Waals surface area contributed by atoms with Crippen molar-refractivity contribution in [3.05, 3.63) is 35.9 Å². The molecule has 122 valence electrons. The molecule has 0 amide bonds. The highest BCUT2D eigenvalue weighted by Crippen LogP contribution is 2.33. The van der Waals surface area contributed by atoms with Crippen LogP contribution in [-0.2, 0) is 14.3 Å². The lowest BCUT2D eigenvalue weighted by molar-refractivity contribution is -0.157. The van der Waals surface area contributed by atoms with E-state index < -0.39 is 18.0 Å². The van der Waals surface area contributed by atoms with Crippen molar-refractivity contribution in [1.82, 2.24) is 0 Å². The van der Waals surface area contributed by atoms with Gasteiger partial charge in [-0.15, -0.1) is 0 Å². The van der Waals surface area contributed by atoms with Crippen molar-refractivity contribution >= 4 is 11.9 Å². The molecule has 1 aromatic rings. The first-order valence-electron chi connectivity index (χ1n) is 7.73. The molecule has 1 aromatic carbocycles. The van der Waals surface area contributed by atoms with Crippen molar-refractivity contribution in [1.29, 1.82) is 0 Å². The molecule has 0 saturated heterocycles. The van der Waals surface area contributed by atoms with Crippen LogP contribution in [-0.4, -0.2) is 24.6 Å². The van der Waals surface area contributed by atoms with E-state index in [-0.39, 0.29) is 11.4 Å². The molecule has 22 heavy (non-hydrogen) atoms. The van der Waals surface area contributed by atoms with Crippen molar-refractivity contribution in [3.63, 3.8) is 0 Å². The van der Waals surface area contributed by atoms with Gasteiger partial charge >= 0.3 is 11.9 Å². The third-order valence-corrected chi connectivity index (χ3v) is 3.52. The van der Waals surface area contributed by atoms with Gasteiger partial charge in [0.1, 0.15) is 6.10 Å². The van der Waals surface area contributed by atoms with E-state index in [9.17, 15) is 9.59 Å². The third kappa shape index (κ3) is 4.86. The largest absolute Gasteiger partial charge is 0.466 e. The Morgan fingerprint density at radius 1 is 1.09 bits per heavy atom. The summed E-state index contributed by atoms with van der Waals surface area (Å²) >= 11 is 0. The van der Waals surface area contributed by atoms with Gasteiger partial charge in [-0.05, 0) is 30.9 Å². The molecule has 0 bridgehead atoms. The summed E-state index contributed by atoms with van der Waals surface area (Å²) in [5, 5.41) is 0. The quantitative estimate of drug-likeness (QED) is 0.749. The zero-order valence-electron chi connectivity index (χ0n) is 14.1. The number of ether oxygens (including phenoxy) is 2. The van der Waals surface area contributed by atoms with Gasteiger partial charge in [0.2, 0.25) is 0 Å². The van der Waals surface area contributed by atoms with E-state index in [4.69, 9.17) is 9.47 Å². The highest BCUT2D eigenvalue weighted by atomic mass is 16.6. The van der Waals surface area contributed by atoms with Crippen LogP contribution in [0, 0.1) is 11.3 Å². The summed E-state index contributed by atoms with van der Waals surface area (Å²) in [5.74, 6) is -1.22. The Labute approximate surface area is 132 Å². The SMILES string of the molecule is CCOC(=O)C(C(CC)OC(=O)c1ccccc1)C(C)(C)C. The van der Waals surface area contributed by atoms with Gasteiger partial charge < -0.3 is 9.47 Å². The van der Waals surface area contributed by atoms with E-state index in [1.54, 1.807) is 31.2 Å². The van der Waals surface area contributed by atoms with Gasteiger partial charge in [-0.2, -0.15) is 0 Å². The monoisotopic (exact) mass is 306 g/mol. The van der Waals surface area contributed by atoms with Crippen LogP contribution in [0.4, 0.5) is 0 Å². The molecule has 0 aromatic heterocycles. The first-order valence-corrected chi connectivity index (χ1v) is 7.73. The summed E-state index contributed by atoms with van der Waals surface area (Å²) < 4.78 is 10.8. The van der Waals surface area contributed by atoms with Crippen molar-refractivity contribution in [3.8, 4) is 0 Å². The van der Waals surface area contributed by atoms with Crippen LogP contribution in [0.25, 0.3) is 0 Å². The highest BCUT2D eigenvalue weighted by molar-refractivity contribution is 5.89. The standard InChI is InChI=1S/C18H26O4/c1-6-14(15(18(3,4)5)17(20)21-7-2)22-16(19)13-11-9-8-10-12-13/h8-12,14-15H,6-7H2,1-5H3. The molecular weight excluding hydrogens is 280 g/mol. The zero-order valence-corrected chi connectivity index (χ0v) is 14.1. The molecule has 2 unspecified atom stereocenters. The number of carbonyl (C=O) groups is 2. The van der Waals surface area contributed by atoms with Crippen LogP contribution < -0.4 is 0 Å². The Balaban J connectivity index is 2.95. The van der Waals surface area contributed by atoms with Crippen LogP contribution in [0.3, 0.4) is 0 Å². The molecule has 0 saturated carbocycles. The fourth-order valence-electron chi connectivity index (χ4n) is 2.46. The van der Waals surface area contributed by atoms with Gasteiger partial charge in [0.05, 0.1) is 18.1 Å². The van der Waals surface area contributed by atoms with E-state index in [2.05, 4.69) is 0 Å². The van der Waals surface area contributed by atoms with E-state index in [1.165, 1.54) is 0 Å². The number of hydrogen-bond acceptors (Lipinski definition) is 4. The molecular formula is C18H26O4. The van der Waals surface area contributed by atoms with Crippen LogP contribution in [0.15, 0.2) is 30.3 Å². The van der Waals surface area contributed by atoms with Crippen LogP contribution >= 0.6 is 0 Å². The maximum absolute atomic E-state index is 12.3. The molecule has 0 spiro atoms.